The molecule has 4 nitrogen and oxygen atoms in total. The van der Waals surface area contributed by atoms with Crippen molar-refractivity contribution in [1.29, 1.82) is 0 Å². The van der Waals surface area contributed by atoms with Crippen molar-refractivity contribution in [2.45, 2.75) is 19.3 Å². The van der Waals surface area contributed by atoms with Gasteiger partial charge in [0.2, 0.25) is 5.91 Å². The summed E-state index contributed by atoms with van der Waals surface area (Å²) < 4.78 is 0.936. The van der Waals surface area contributed by atoms with Crippen LogP contribution >= 0.6 is 27.3 Å². The summed E-state index contributed by atoms with van der Waals surface area (Å²) in [6.45, 7) is 1.77. The predicted octanol–water partition coefficient (Wildman–Crippen LogP) is 2.21. The number of carboxylic acid groups (broad SMARTS) is 1. The molecule has 0 saturated carbocycles. The Kier molecular flexibility index (Phi) is 4.95. The molecule has 0 spiro atoms. The van der Waals surface area contributed by atoms with Crippen molar-refractivity contribution in [2.24, 2.45) is 0 Å². The molecule has 1 amide bonds. The molecule has 0 bridgehead atoms. The Morgan fingerprint density at radius 2 is 2.31 bits per heavy atom. The van der Waals surface area contributed by atoms with Crippen molar-refractivity contribution in [3.8, 4) is 0 Å². The summed E-state index contributed by atoms with van der Waals surface area (Å²) in [7, 11) is 0. The maximum atomic E-state index is 10.8. The van der Waals surface area contributed by atoms with Gasteiger partial charge >= 0.3 is 5.97 Å². The summed E-state index contributed by atoms with van der Waals surface area (Å²) in [5.41, 5.74) is 0. The maximum absolute atomic E-state index is 10.8. The molecular weight excluding hydrogens is 294 g/mol. The van der Waals surface area contributed by atoms with Crippen molar-refractivity contribution in [2.75, 3.05) is 6.54 Å². The zero-order chi connectivity index (χ0) is 12.1. The summed E-state index contributed by atoms with van der Waals surface area (Å²) in [6.07, 6.45) is 0.0211. The van der Waals surface area contributed by atoms with Gasteiger partial charge in [-0.05, 0) is 22.0 Å². The number of halogens is 1. The van der Waals surface area contributed by atoms with Crippen LogP contribution in [0.5, 0.6) is 0 Å². The highest BCUT2D eigenvalue weighted by Crippen LogP contribution is 2.28. The number of rotatable bonds is 5. The third-order valence-corrected chi connectivity index (χ3v) is 3.86. The van der Waals surface area contributed by atoms with E-state index in [1.807, 2.05) is 11.4 Å². The summed E-state index contributed by atoms with van der Waals surface area (Å²) >= 11 is 4.81. The molecule has 6 heteroatoms. The highest BCUT2D eigenvalue weighted by Gasteiger charge is 2.17. The second-order valence-corrected chi connectivity index (χ2v) is 5.26. The van der Waals surface area contributed by atoms with Crippen LogP contribution < -0.4 is 5.32 Å². The molecule has 0 aliphatic carbocycles. The van der Waals surface area contributed by atoms with Gasteiger partial charge in [-0.25, -0.2) is 0 Å². The highest BCUT2D eigenvalue weighted by molar-refractivity contribution is 9.10. The molecular formula is C10H12BrNO3S. The fourth-order valence-electron chi connectivity index (χ4n) is 1.29. The van der Waals surface area contributed by atoms with E-state index in [0.717, 1.165) is 9.35 Å². The Morgan fingerprint density at radius 1 is 1.62 bits per heavy atom. The van der Waals surface area contributed by atoms with Gasteiger partial charge in [0, 0.05) is 34.1 Å². The fraction of sp³-hybridized carbons (Fsp3) is 0.400. The van der Waals surface area contributed by atoms with Gasteiger partial charge in [0.15, 0.2) is 0 Å². The van der Waals surface area contributed by atoms with Crippen LogP contribution in [0.2, 0.25) is 0 Å². The fourth-order valence-corrected chi connectivity index (χ4v) is 2.84. The Hall–Kier alpha value is -0.880. The smallest absolute Gasteiger partial charge is 0.304 e. The normalized spacial score (nSPS) is 12.1. The zero-order valence-electron chi connectivity index (χ0n) is 8.70. The van der Waals surface area contributed by atoms with E-state index in [2.05, 4.69) is 21.2 Å². The van der Waals surface area contributed by atoms with Crippen LogP contribution in [0, 0.1) is 0 Å². The van der Waals surface area contributed by atoms with E-state index in [0.29, 0.717) is 6.54 Å². The first kappa shape index (κ1) is 13.2. The van der Waals surface area contributed by atoms with Crippen LogP contribution in [0.15, 0.2) is 15.9 Å². The minimum atomic E-state index is -0.861. The van der Waals surface area contributed by atoms with Crippen LogP contribution in [0.4, 0.5) is 0 Å². The average Bonchev–Trinajstić information content (AvgIpc) is 2.58. The molecule has 0 aromatic carbocycles. The summed E-state index contributed by atoms with van der Waals surface area (Å²) in [4.78, 5) is 22.5. The second-order valence-electron chi connectivity index (χ2n) is 3.40. The van der Waals surface area contributed by atoms with E-state index >= 15 is 0 Å². The lowest BCUT2D eigenvalue weighted by molar-refractivity contribution is -0.137. The molecule has 1 unspecified atom stereocenters. The molecule has 1 rings (SSSR count). The topological polar surface area (TPSA) is 66.4 Å². The van der Waals surface area contributed by atoms with E-state index in [1.165, 1.54) is 18.3 Å². The number of hydrogen-bond donors (Lipinski definition) is 2. The number of carbonyl (C=O) groups excluding carboxylic acids is 1. The molecule has 0 saturated heterocycles. The molecule has 2 N–H and O–H groups in total. The lowest BCUT2D eigenvalue weighted by atomic mass is 10.0. The lowest BCUT2D eigenvalue weighted by Gasteiger charge is -2.13. The molecule has 0 aliphatic heterocycles. The minimum absolute atomic E-state index is 0.0211. The van der Waals surface area contributed by atoms with Gasteiger partial charge in [0.25, 0.3) is 0 Å². The first-order valence-corrected chi connectivity index (χ1v) is 6.36. The number of thiophene rings is 1. The van der Waals surface area contributed by atoms with Gasteiger partial charge < -0.3 is 10.4 Å². The largest absolute Gasteiger partial charge is 0.481 e. The van der Waals surface area contributed by atoms with Crippen LogP contribution in [-0.2, 0) is 9.59 Å². The van der Waals surface area contributed by atoms with Crippen LogP contribution in [-0.4, -0.2) is 23.5 Å². The van der Waals surface area contributed by atoms with E-state index in [9.17, 15) is 9.59 Å². The first-order valence-electron chi connectivity index (χ1n) is 4.69. The number of nitrogens with one attached hydrogen (secondary N) is 1. The second kappa shape index (κ2) is 6.00. The van der Waals surface area contributed by atoms with Crippen LogP contribution in [0.3, 0.4) is 0 Å². The van der Waals surface area contributed by atoms with Gasteiger partial charge in [-0.1, -0.05) is 0 Å². The number of aliphatic carboxylic acids is 1. The van der Waals surface area contributed by atoms with Crippen molar-refractivity contribution in [3.63, 3.8) is 0 Å². The maximum Gasteiger partial charge on any atom is 0.304 e. The first-order chi connectivity index (χ1) is 7.49. The molecule has 1 aromatic heterocycles. The third kappa shape index (κ3) is 4.32. The Morgan fingerprint density at radius 3 is 2.75 bits per heavy atom. The molecule has 1 heterocycles. The number of amides is 1. The zero-order valence-corrected chi connectivity index (χ0v) is 11.1. The molecule has 0 radical (unpaired) electrons. The quantitative estimate of drug-likeness (QED) is 0.876. The van der Waals surface area contributed by atoms with E-state index < -0.39 is 5.97 Å². The number of carboxylic acids is 1. The Labute approximate surface area is 106 Å². The number of carbonyl (C=O) groups is 2. The standard InChI is InChI=1S/C10H12BrNO3S/c1-6(13)12-4-7(2-10(14)15)9-3-8(11)5-16-9/h3,5,7H,2,4H2,1H3,(H,12,13)(H,14,15). The van der Waals surface area contributed by atoms with Gasteiger partial charge in [-0.2, -0.15) is 0 Å². The summed E-state index contributed by atoms with van der Waals surface area (Å²) in [5.74, 6) is -1.18. The molecule has 0 fully saturated rings. The van der Waals surface area contributed by atoms with Gasteiger partial charge in [0.1, 0.15) is 0 Å². The molecule has 88 valence electrons. The molecule has 0 aliphatic rings. The van der Waals surface area contributed by atoms with E-state index in [-0.39, 0.29) is 18.2 Å². The van der Waals surface area contributed by atoms with Gasteiger partial charge in [-0.3, -0.25) is 9.59 Å². The molecule has 1 atom stereocenters. The van der Waals surface area contributed by atoms with Crippen LogP contribution in [0.1, 0.15) is 24.1 Å². The average molecular weight is 306 g/mol. The summed E-state index contributed by atoms with van der Waals surface area (Å²) in [6, 6.07) is 1.89. The van der Waals surface area contributed by atoms with Crippen molar-refractivity contribution < 1.29 is 14.7 Å². The van der Waals surface area contributed by atoms with E-state index in [4.69, 9.17) is 5.11 Å². The SMILES string of the molecule is CC(=O)NCC(CC(=O)O)c1cc(Br)cs1. The van der Waals surface area contributed by atoms with E-state index in [1.54, 1.807) is 0 Å². The Bertz CT molecular complexity index is 391. The van der Waals surface area contributed by atoms with Crippen molar-refractivity contribution in [3.05, 3.63) is 20.8 Å². The van der Waals surface area contributed by atoms with Gasteiger partial charge in [0.05, 0.1) is 6.42 Å². The predicted molar refractivity (Wildman–Crippen MR) is 65.7 cm³/mol. The van der Waals surface area contributed by atoms with Gasteiger partial charge in [-0.15, -0.1) is 11.3 Å². The number of hydrogen-bond acceptors (Lipinski definition) is 3. The van der Waals surface area contributed by atoms with Crippen molar-refractivity contribution >= 4 is 39.1 Å². The summed E-state index contributed by atoms with van der Waals surface area (Å²) in [5, 5.41) is 13.3. The monoisotopic (exact) mass is 305 g/mol. The molecule has 16 heavy (non-hydrogen) atoms. The highest BCUT2D eigenvalue weighted by atomic mass is 79.9. The minimum Gasteiger partial charge on any atom is -0.481 e. The van der Waals surface area contributed by atoms with Crippen molar-refractivity contribution in [1.82, 2.24) is 5.32 Å². The lowest BCUT2D eigenvalue weighted by Crippen LogP contribution is -2.26. The van der Waals surface area contributed by atoms with Crippen LogP contribution in [0.25, 0.3) is 0 Å². The Balaban J connectivity index is 2.70. The third-order valence-electron chi connectivity index (χ3n) is 2.01. The molecule has 1 aromatic rings.